The predicted octanol–water partition coefficient (Wildman–Crippen LogP) is 0.923. The lowest BCUT2D eigenvalue weighted by molar-refractivity contribution is -0.114. The Bertz CT molecular complexity index is 711. The summed E-state index contributed by atoms with van der Waals surface area (Å²) in [7, 11) is 3.98. The number of hydrogen-bond donors (Lipinski definition) is 2. The van der Waals surface area contributed by atoms with Crippen molar-refractivity contribution in [2.45, 2.75) is 20.0 Å². The first-order valence-corrected chi connectivity index (χ1v) is 7.60. The number of urea groups is 1. The Labute approximate surface area is 135 Å². The Morgan fingerprint density at radius 3 is 2.61 bits per heavy atom. The van der Waals surface area contributed by atoms with Gasteiger partial charge in [-0.2, -0.15) is 0 Å². The van der Waals surface area contributed by atoms with Crippen LogP contribution in [0.25, 0.3) is 0 Å². The van der Waals surface area contributed by atoms with Gasteiger partial charge in [0, 0.05) is 13.1 Å². The monoisotopic (exact) mass is 315 g/mol. The summed E-state index contributed by atoms with van der Waals surface area (Å²) in [6.45, 7) is 5.55. The van der Waals surface area contributed by atoms with Crippen LogP contribution in [-0.2, 0) is 4.79 Å². The first kappa shape index (κ1) is 15.5. The van der Waals surface area contributed by atoms with Crippen molar-refractivity contribution in [3.63, 3.8) is 0 Å². The van der Waals surface area contributed by atoms with Gasteiger partial charge in [-0.3, -0.25) is 10.1 Å². The maximum Gasteiger partial charge on any atom is 0.323 e. The van der Waals surface area contributed by atoms with E-state index in [4.69, 9.17) is 0 Å². The van der Waals surface area contributed by atoms with Crippen molar-refractivity contribution in [2.75, 3.05) is 32.1 Å². The molecule has 0 spiro atoms. The standard InChI is InChI=1S/C16H21N5O2/c1-9-7-11-12(8-10(9)2)21(6-5-20(3)4)14-13(17-11)15(22)19-16(23)18-14/h7-8,14H,5-6H2,1-4H3,(H2,18,19,22,23). The largest absolute Gasteiger partial charge is 0.343 e. The predicted molar refractivity (Wildman–Crippen MR) is 89.4 cm³/mol. The van der Waals surface area contributed by atoms with E-state index < -0.39 is 18.1 Å². The number of carbonyl (C=O) groups excluding carboxylic acids is 2. The summed E-state index contributed by atoms with van der Waals surface area (Å²) in [4.78, 5) is 32.5. The van der Waals surface area contributed by atoms with Crippen LogP contribution in [0.5, 0.6) is 0 Å². The van der Waals surface area contributed by atoms with E-state index >= 15 is 0 Å². The highest BCUT2D eigenvalue weighted by molar-refractivity contribution is 6.46. The second-order valence-corrected chi connectivity index (χ2v) is 6.25. The maximum absolute atomic E-state index is 12.1. The number of nitrogens with one attached hydrogen (secondary N) is 2. The van der Waals surface area contributed by atoms with E-state index in [0.717, 1.165) is 29.0 Å². The lowest BCUT2D eigenvalue weighted by Gasteiger charge is -2.40. The molecule has 3 amide bonds. The topological polar surface area (TPSA) is 77.0 Å². The van der Waals surface area contributed by atoms with Crippen molar-refractivity contribution in [2.24, 2.45) is 4.99 Å². The fourth-order valence-electron chi connectivity index (χ4n) is 2.79. The van der Waals surface area contributed by atoms with Crippen LogP contribution in [0.15, 0.2) is 17.1 Å². The minimum Gasteiger partial charge on any atom is -0.343 e. The van der Waals surface area contributed by atoms with Gasteiger partial charge >= 0.3 is 6.03 Å². The Hall–Kier alpha value is -2.41. The minimum atomic E-state index is -0.522. The molecule has 2 aliphatic rings. The van der Waals surface area contributed by atoms with Crippen LogP contribution in [0.2, 0.25) is 0 Å². The molecule has 1 atom stereocenters. The van der Waals surface area contributed by atoms with E-state index in [-0.39, 0.29) is 0 Å². The molecule has 7 nitrogen and oxygen atoms in total. The Kier molecular flexibility index (Phi) is 3.81. The van der Waals surface area contributed by atoms with Crippen molar-refractivity contribution in [1.82, 2.24) is 15.5 Å². The van der Waals surface area contributed by atoms with Gasteiger partial charge in [-0.25, -0.2) is 9.79 Å². The van der Waals surface area contributed by atoms with Crippen LogP contribution in [0.3, 0.4) is 0 Å². The molecular weight excluding hydrogens is 294 g/mol. The van der Waals surface area contributed by atoms with Crippen molar-refractivity contribution in [3.8, 4) is 0 Å². The number of rotatable bonds is 3. The number of hydrogen-bond acceptors (Lipinski definition) is 5. The molecule has 0 aliphatic carbocycles. The number of benzene rings is 1. The number of fused-ring (bicyclic) bond motifs is 2. The zero-order valence-electron chi connectivity index (χ0n) is 13.8. The third-order valence-corrected chi connectivity index (χ3v) is 4.23. The summed E-state index contributed by atoms with van der Waals surface area (Å²) >= 11 is 0. The van der Waals surface area contributed by atoms with E-state index in [0.29, 0.717) is 12.3 Å². The molecule has 0 saturated carbocycles. The fraction of sp³-hybridized carbons (Fsp3) is 0.438. The van der Waals surface area contributed by atoms with Crippen LogP contribution >= 0.6 is 0 Å². The van der Waals surface area contributed by atoms with Crippen LogP contribution in [0.4, 0.5) is 16.2 Å². The van der Waals surface area contributed by atoms with Crippen LogP contribution < -0.4 is 15.5 Å². The molecule has 0 radical (unpaired) electrons. The maximum atomic E-state index is 12.1. The fourth-order valence-corrected chi connectivity index (χ4v) is 2.79. The summed E-state index contributed by atoms with van der Waals surface area (Å²) in [5.41, 5.74) is 4.32. The average molecular weight is 315 g/mol. The van der Waals surface area contributed by atoms with Crippen LogP contribution in [0, 0.1) is 13.8 Å². The molecule has 23 heavy (non-hydrogen) atoms. The highest BCUT2D eigenvalue weighted by atomic mass is 16.2. The van der Waals surface area contributed by atoms with Crippen LogP contribution in [-0.4, -0.2) is 55.9 Å². The lowest BCUT2D eigenvalue weighted by atomic mass is 10.0. The molecule has 1 saturated heterocycles. The Morgan fingerprint density at radius 2 is 1.91 bits per heavy atom. The first-order valence-electron chi connectivity index (χ1n) is 7.60. The molecule has 122 valence electrons. The number of aryl methyl sites for hydroxylation is 2. The summed E-state index contributed by atoms with van der Waals surface area (Å²) in [5, 5.41) is 5.07. The Balaban J connectivity index is 2.08. The van der Waals surface area contributed by atoms with Gasteiger partial charge in [0.05, 0.1) is 11.4 Å². The molecule has 7 heteroatoms. The number of imide groups is 1. The molecule has 1 fully saturated rings. The first-order chi connectivity index (χ1) is 10.9. The zero-order valence-corrected chi connectivity index (χ0v) is 13.8. The zero-order chi connectivity index (χ0) is 16.7. The molecule has 0 bridgehead atoms. The smallest absolute Gasteiger partial charge is 0.323 e. The number of nitrogens with zero attached hydrogens (tertiary/aromatic N) is 3. The highest BCUT2D eigenvalue weighted by Gasteiger charge is 2.39. The second kappa shape index (κ2) is 5.66. The average Bonchev–Trinajstić information content (AvgIpc) is 2.46. The van der Waals surface area contributed by atoms with Gasteiger partial charge in [-0.05, 0) is 51.2 Å². The molecule has 3 rings (SSSR count). The summed E-state index contributed by atoms with van der Waals surface area (Å²) < 4.78 is 0. The van der Waals surface area contributed by atoms with Gasteiger partial charge in [-0.15, -0.1) is 0 Å². The molecule has 1 unspecified atom stereocenters. The summed E-state index contributed by atoms with van der Waals surface area (Å²) in [6.07, 6.45) is -0.522. The second-order valence-electron chi connectivity index (χ2n) is 6.25. The van der Waals surface area contributed by atoms with Gasteiger partial charge in [0.25, 0.3) is 5.91 Å². The molecule has 1 aromatic carbocycles. The van der Waals surface area contributed by atoms with E-state index in [1.807, 2.05) is 38.9 Å². The molecule has 1 aromatic rings. The van der Waals surface area contributed by atoms with Gasteiger partial charge in [-0.1, -0.05) is 0 Å². The van der Waals surface area contributed by atoms with E-state index in [1.54, 1.807) is 0 Å². The number of amides is 3. The summed E-state index contributed by atoms with van der Waals surface area (Å²) in [5.74, 6) is -0.433. The van der Waals surface area contributed by atoms with Crippen molar-refractivity contribution in [3.05, 3.63) is 23.3 Å². The number of aliphatic imine (C=N–C) groups is 1. The van der Waals surface area contributed by atoms with E-state index in [1.165, 1.54) is 0 Å². The van der Waals surface area contributed by atoms with E-state index in [9.17, 15) is 9.59 Å². The lowest BCUT2D eigenvalue weighted by Crippen LogP contribution is -2.66. The number of anilines is 1. The van der Waals surface area contributed by atoms with Gasteiger partial charge in [0.15, 0.2) is 6.17 Å². The van der Waals surface area contributed by atoms with Crippen molar-refractivity contribution < 1.29 is 9.59 Å². The third kappa shape index (κ3) is 2.79. The normalized spacial score (nSPS) is 19.8. The van der Waals surface area contributed by atoms with E-state index in [2.05, 4.69) is 26.6 Å². The SMILES string of the molecule is Cc1cc2c(cc1C)N(CCN(C)C)C1NC(=O)NC(=O)C1=N2. The quantitative estimate of drug-likeness (QED) is 0.870. The molecule has 2 N–H and O–H groups in total. The number of likely N-dealkylation sites (N-methyl/N-ethyl adjacent to an activating group) is 1. The minimum absolute atomic E-state index is 0.333. The van der Waals surface area contributed by atoms with Crippen molar-refractivity contribution in [1.29, 1.82) is 0 Å². The molecule has 2 aliphatic heterocycles. The third-order valence-electron chi connectivity index (χ3n) is 4.23. The summed E-state index contributed by atoms with van der Waals surface area (Å²) in [6, 6.07) is 3.57. The van der Waals surface area contributed by atoms with Crippen LogP contribution in [0.1, 0.15) is 11.1 Å². The van der Waals surface area contributed by atoms with Crippen molar-refractivity contribution >= 4 is 29.0 Å². The molecular formula is C16H21N5O2. The molecule has 0 aromatic heterocycles. The highest BCUT2D eigenvalue weighted by Crippen LogP contribution is 2.36. The van der Waals surface area contributed by atoms with Gasteiger partial charge < -0.3 is 15.1 Å². The van der Waals surface area contributed by atoms with Gasteiger partial charge in [0.1, 0.15) is 5.71 Å². The number of carbonyl (C=O) groups is 2. The van der Waals surface area contributed by atoms with Gasteiger partial charge in [0.2, 0.25) is 0 Å². The molecule has 2 heterocycles. The Morgan fingerprint density at radius 1 is 1.22 bits per heavy atom.